The van der Waals surface area contributed by atoms with Crippen molar-refractivity contribution in [2.45, 2.75) is 13.5 Å². The fraction of sp³-hybridized carbons (Fsp3) is 0.158. The zero-order valence-corrected chi connectivity index (χ0v) is 13.8. The first-order chi connectivity index (χ1) is 12.1. The summed E-state index contributed by atoms with van der Waals surface area (Å²) in [5.74, 6) is -0.472. The molecule has 0 saturated carbocycles. The van der Waals surface area contributed by atoms with Gasteiger partial charge in [0.15, 0.2) is 0 Å². The number of pyridine rings is 2. The normalized spacial score (nSPS) is 10.4. The predicted molar refractivity (Wildman–Crippen MR) is 95.9 cm³/mol. The van der Waals surface area contributed by atoms with E-state index >= 15 is 0 Å². The Kier molecular flexibility index (Phi) is 4.99. The second kappa shape index (κ2) is 7.53. The van der Waals surface area contributed by atoms with Gasteiger partial charge in [0.25, 0.3) is 0 Å². The lowest BCUT2D eigenvalue weighted by atomic mass is 10.1. The maximum atomic E-state index is 12.3. The fourth-order valence-electron chi connectivity index (χ4n) is 2.56. The summed E-state index contributed by atoms with van der Waals surface area (Å²) in [7, 11) is 0. The van der Waals surface area contributed by atoms with Gasteiger partial charge in [-0.3, -0.25) is 19.6 Å². The molecule has 3 rings (SSSR count). The summed E-state index contributed by atoms with van der Waals surface area (Å²) in [6.45, 7) is 1.69. The number of rotatable bonds is 5. The minimum Gasteiger partial charge on any atom is -0.349 e. The number of para-hydroxylation sites is 1. The Hall–Kier alpha value is -3.28. The average Bonchev–Trinajstić information content (AvgIpc) is 2.65. The highest BCUT2D eigenvalue weighted by atomic mass is 16.2. The van der Waals surface area contributed by atoms with Crippen molar-refractivity contribution < 1.29 is 9.59 Å². The van der Waals surface area contributed by atoms with Crippen molar-refractivity contribution in [3.05, 3.63) is 66.6 Å². The Labute approximate surface area is 145 Å². The van der Waals surface area contributed by atoms with Crippen LogP contribution < -0.4 is 10.2 Å². The van der Waals surface area contributed by atoms with Gasteiger partial charge in [0.1, 0.15) is 6.54 Å². The molecular weight excluding hydrogens is 316 g/mol. The summed E-state index contributed by atoms with van der Waals surface area (Å²) in [6.07, 6.45) is 3.34. The molecular formula is C19H18N4O2. The molecule has 2 amide bonds. The highest BCUT2D eigenvalue weighted by molar-refractivity contribution is 6.04. The van der Waals surface area contributed by atoms with Crippen LogP contribution in [0.25, 0.3) is 10.9 Å². The van der Waals surface area contributed by atoms with Crippen LogP contribution in [0, 0.1) is 0 Å². The zero-order valence-electron chi connectivity index (χ0n) is 13.8. The van der Waals surface area contributed by atoms with Crippen molar-refractivity contribution in [3.63, 3.8) is 0 Å². The average molecular weight is 334 g/mol. The molecule has 0 bridgehead atoms. The number of hydrogen-bond acceptors (Lipinski definition) is 4. The van der Waals surface area contributed by atoms with Gasteiger partial charge in [-0.1, -0.05) is 24.3 Å². The van der Waals surface area contributed by atoms with E-state index in [1.54, 1.807) is 18.5 Å². The van der Waals surface area contributed by atoms with Gasteiger partial charge in [-0.2, -0.15) is 0 Å². The smallest absolute Gasteiger partial charge is 0.240 e. The lowest BCUT2D eigenvalue weighted by Crippen LogP contribution is -2.39. The van der Waals surface area contributed by atoms with Crippen LogP contribution in [0.2, 0.25) is 0 Å². The quantitative estimate of drug-likeness (QED) is 0.777. The Bertz CT molecular complexity index is 891. The Balaban J connectivity index is 1.77. The zero-order chi connectivity index (χ0) is 17.6. The van der Waals surface area contributed by atoms with Gasteiger partial charge in [-0.05, 0) is 24.3 Å². The van der Waals surface area contributed by atoms with Gasteiger partial charge in [0.05, 0.1) is 23.4 Å². The molecule has 6 heteroatoms. The topological polar surface area (TPSA) is 75.2 Å². The third-order valence-corrected chi connectivity index (χ3v) is 3.78. The molecule has 126 valence electrons. The molecule has 0 fully saturated rings. The molecule has 0 unspecified atom stereocenters. The van der Waals surface area contributed by atoms with E-state index in [9.17, 15) is 9.59 Å². The number of nitrogens with one attached hydrogen (secondary N) is 1. The molecule has 1 N–H and O–H groups in total. The van der Waals surface area contributed by atoms with Crippen LogP contribution in [0.5, 0.6) is 0 Å². The highest BCUT2D eigenvalue weighted by Crippen LogP contribution is 2.24. The van der Waals surface area contributed by atoms with Crippen LogP contribution >= 0.6 is 0 Å². The maximum absolute atomic E-state index is 12.3. The third kappa shape index (κ3) is 3.98. The standard InChI is InChI=1S/C19H18N4O2/c1-14(24)23(13-18(25)22-12-16-8-2-3-10-20-16)17-9-4-6-15-7-5-11-21-19(15)17/h2-11H,12-13H2,1H3,(H,22,25). The molecule has 6 nitrogen and oxygen atoms in total. The van der Waals surface area contributed by atoms with E-state index in [2.05, 4.69) is 15.3 Å². The number of benzene rings is 1. The molecule has 0 spiro atoms. The minimum absolute atomic E-state index is 0.0716. The van der Waals surface area contributed by atoms with Crippen LogP contribution in [0.1, 0.15) is 12.6 Å². The molecule has 3 aromatic rings. The number of hydrogen-bond donors (Lipinski definition) is 1. The SMILES string of the molecule is CC(=O)N(CC(=O)NCc1ccccn1)c1cccc2cccnc12. The fourth-order valence-corrected chi connectivity index (χ4v) is 2.56. The van der Waals surface area contributed by atoms with Crippen LogP contribution in [0.15, 0.2) is 60.9 Å². The summed E-state index contributed by atoms with van der Waals surface area (Å²) >= 11 is 0. The first kappa shape index (κ1) is 16.6. The van der Waals surface area contributed by atoms with Crippen molar-refractivity contribution >= 4 is 28.4 Å². The molecule has 1 aromatic carbocycles. The summed E-state index contributed by atoms with van der Waals surface area (Å²) in [5.41, 5.74) is 2.08. The van der Waals surface area contributed by atoms with Crippen LogP contribution in [0.3, 0.4) is 0 Å². The van der Waals surface area contributed by atoms with Gasteiger partial charge in [0, 0.05) is 24.7 Å². The first-order valence-corrected chi connectivity index (χ1v) is 7.93. The van der Waals surface area contributed by atoms with Crippen LogP contribution in [0.4, 0.5) is 5.69 Å². The van der Waals surface area contributed by atoms with Crippen molar-refractivity contribution in [3.8, 4) is 0 Å². The Morgan fingerprint density at radius 3 is 2.56 bits per heavy atom. The molecule has 0 saturated heterocycles. The Morgan fingerprint density at radius 1 is 1.00 bits per heavy atom. The van der Waals surface area contributed by atoms with E-state index in [1.165, 1.54) is 11.8 Å². The molecule has 0 radical (unpaired) electrons. The highest BCUT2D eigenvalue weighted by Gasteiger charge is 2.18. The largest absolute Gasteiger partial charge is 0.349 e. The van der Waals surface area contributed by atoms with E-state index in [4.69, 9.17) is 0 Å². The van der Waals surface area contributed by atoms with Crippen LogP contribution in [-0.2, 0) is 16.1 Å². The molecule has 2 heterocycles. The lowest BCUT2D eigenvalue weighted by Gasteiger charge is -2.21. The number of aromatic nitrogens is 2. The molecule has 2 aromatic heterocycles. The number of fused-ring (bicyclic) bond motifs is 1. The molecule has 0 aliphatic carbocycles. The Morgan fingerprint density at radius 2 is 1.80 bits per heavy atom. The number of amides is 2. The predicted octanol–water partition coefficient (Wildman–Crippen LogP) is 2.30. The van der Waals surface area contributed by atoms with Crippen molar-refractivity contribution in [1.82, 2.24) is 15.3 Å². The van der Waals surface area contributed by atoms with E-state index in [0.717, 1.165) is 11.1 Å². The number of anilines is 1. The molecule has 0 aliphatic heterocycles. The van der Waals surface area contributed by atoms with E-state index in [0.29, 0.717) is 17.7 Å². The van der Waals surface area contributed by atoms with Crippen LogP contribution in [-0.4, -0.2) is 28.3 Å². The lowest BCUT2D eigenvalue weighted by molar-refractivity contribution is -0.123. The molecule has 0 atom stereocenters. The molecule has 25 heavy (non-hydrogen) atoms. The number of carbonyl (C=O) groups excluding carboxylic acids is 2. The van der Waals surface area contributed by atoms with Gasteiger partial charge in [-0.25, -0.2) is 0 Å². The summed E-state index contributed by atoms with van der Waals surface area (Å²) < 4.78 is 0. The van der Waals surface area contributed by atoms with Gasteiger partial charge in [-0.15, -0.1) is 0 Å². The van der Waals surface area contributed by atoms with Crippen molar-refractivity contribution in [2.24, 2.45) is 0 Å². The van der Waals surface area contributed by atoms with Gasteiger partial charge < -0.3 is 10.2 Å². The van der Waals surface area contributed by atoms with Gasteiger partial charge >= 0.3 is 0 Å². The maximum Gasteiger partial charge on any atom is 0.240 e. The van der Waals surface area contributed by atoms with E-state index in [1.807, 2.05) is 42.5 Å². The summed E-state index contributed by atoms with van der Waals surface area (Å²) in [5, 5.41) is 3.70. The van der Waals surface area contributed by atoms with E-state index in [-0.39, 0.29) is 18.4 Å². The third-order valence-electron chi connectivity index (χ3n) is 3.78. The summed E-state index contributed by atoms with van der Waals surface area (Å²) in [6, 6.07) is 14.8. The number of nitrogens with zero attached hydrogens (tertiary/aromatic N) is 3. The van der Waals surface area contributed by atoms with Gasteiger partial charge in [0.2, 0.25) is 11.8 Å². The monoisotopic (exact) mass is 334 g/mol. The second-order valence-corrected chi connectivity index (χ2v) is 5.56. The molecule has 0 aliphatic rings. The number of carbonyl (C=O) groups is 2. The van der Waals surface area contributed by atoms with Crippen molar-refractivity contribution in [2.75, 3.05) is 11.4 Å². The van der Waals surface area contributed by atoms with E-state index < -0.39 is 0 Å². The summed E-state index contributed by atoms with van der Waals surface area (Å²) in [4.78, 5) is 34.3. The van der Waals surface area contributed by atoms with Crippen molar-refractivity contribution in [1.29, 1.82) is 0 Å². The first-order valence-electron chi connectivity index (χ1n) is 7.93. The second-order valence-electron chi connectivity index (χ2n) is 5.56. The minimum atomic E-state index is -0.256.